The number of carbonyl (C=O) groups excluding carboxylic acids is 1. The molecule has 1 aromatic carbocycles. The molecule has 1 amide bonds. The molecule has 23 heavy (non-hydrogen) atoms. The van der Waals surface area contributed by atoms with Gasteiger partial charge in [-0.2, -0.15) is 0 Å². The van der Waals surface area contributed by atoms with Gasteiger partial charge in [0.1, 0.15) is 0 Å². The molecule has 130 valence electrons. The Kier molecular flexibility index (Phi) is 7.47. The molecule has 0 bridgehead atoms. The van der Waals surface area contributed by atoms with Crippen molar-refractivity contribution < 1.29 is 13.2 Å². The van der Waals surface area contributed by atoms with Crippen molar-refractivity contribution in [3.8, 4) is 0 Å². The lowest BCUT2D eigenvalue weighted by Crippen LogP contribution is -2.39. The van der Waals surface area contributed by atoms with Gasteiger partial charge in [0, 0.05) is 18.2 Å². The minimum absolute atomic E-state index is 0. The van der Waals surface area contributed by atoms with Crippen LogP contribution in [0.2, 0.25) is 0 Å². The number of rotatable bonds is 6. The van der Waals surface area contributed by atoms with Crippen LogP contribution < -0.4 is 15.8 Å². The number of amides is 1. The number of hydrogen-bond donors (Lipinski definition) is 3. The smallest absolute Gasteiger partial charge is 0.240 e. The fraction of sp³-hybridized carbons (Fsp3) is 0.533. The highest BCUT2D eigenvalue weighted by Gasteiger charge is 2.30. The number of anilines is 1. The summed E-state index contributed by atoms with van der Waals surface area (Å²) in [5.74, 6) is 0.100. The van der Waals surface area contributed by atoms with Crippen molar-refractivity contribution in [3.05, 3.63) is 24.3 Å². The molecule has 1 aliphatic rings. The van der Waals surface area contributed by atoms with Crippen molar-refractivity contribution in [1.82, 2.24) is 4.72 Å². The number of nitrogens with two attached hydrogens (primary N) is 1. The van der Waals surface area contributed by atoms with E-state index in [1.807, 2.05) is 0 Å². The molecule has 1 aromatic rings. The summed E-state index contributed by atoms with van der Waals surface area (Å²) in [5, 5.41) is 2.69. The van der Waals surface area contributed by atoms with Crippen LogP contribution in [0.15, 0.2) is 29.2 Å². The molecule has 2 rings (SSSR count). The normalized spacial score (nSPS) is 20.8. The number of nitrogens with one attached hydrogen (secondary N) is 2. The van der Waals surface area contributed by atoms with Gasteiger partial charge in [-0.3, -0.25) is 4.79 Å². The molecule has 1 aliphatic carbocycles. The Morgan fingerprint density at radius 3 is 2.48 bits per heavy atom. The lowest BCUT2D eigenvalue weighted by Gasteiger charge is -2.19. The molecular formula is C15H24ClN3O3S. The summed E-state index contributed by atoms with van der Waals surface area (Å²) in [7, 11) is -3.56. The number of hydrogen-bond acceptors (Lipinski definition) is 4. The van der Waals surface area contributed by atoms with Crippen LogP contribution in [-0.2, 0) is 14.8 Å². The van der Waals surface area contributed by atoms with Gasteiger partial charge in [-0.1, -0.05) is 13.3 Å². The summed E-state index contributed by atoms with van der Waals surface area (Å²) in [4.78, 5) is 11.5. The highest BCUT2D eigenvalue weighted by Crippen LogP contribution is 2.26. The van der Waals surface area contributed by atoms with Gasteiger partial charge in [0.2, 0.25) is 15.9 Å². The fourth-order valence-electron chi connectivity index (χ4n) is 2.71. The predicted molar refractivity (Wildman–Crippen MR) is 93.1 cm³/mol. The van der Waals surface area contributed by atoms with Crippen molar-refractivity contribution >= 4 is 34.0 Å². The summed E-state index contributed by atoms with van der Waals surface area (Å²) < 4.78 is 27.5. The second-order valence-electron chi connectivity index (χ2n) is 5.58. The highest BCUT2D eigenvalue weighted by atomic mass is 35.5. The molecule has 0 saturated heterocycles. The van der Waals surface area contributed by atoms with Gasteiger partial charge in [0.05, 0.1) is 4.90 Å². The minimum atomic E-state index is -3.56. The SMILES string of the molecule is CCC(=O)Nc1ccc(S(=O)(=O)NC2CCCC2CN)cc1.Cl. The number of sulfonamides is 1. The zero-order chi connectivity index (χ0) is 16.2. The van der Waals surface area contributed by atoms with Gasteiger partial charge in [0.25, 0.3) is 0 Å². The van der Waals surface area contributed by atoms with Crippen molar-refractivity contribution in [1.29, 1.82) is 0 Å². The summed E-state index contributed by atoms with van der Waals surface area (Å²) in [5.41, 5.74) is 6.28. The zero-order valence-electron chi connectivity index (χ0n) is 13.1. The van der Waals surface area contributed by atoms with Gasteiger partial charge < -0.3 is 11.1 Å². The van der Waals surface area contributed by atoms with Gasteiger partial charge >= 0.3 is 0 Å². The summed E-state index contributed by atoms with van der Waals surface area (Å²) >= 11 is 0. The first kappa shape index (κ1) is 19.9. The zero-order valence-corrected chi connectivity index (χ0v) is 14.8. The van der Waals surface area contributed by atoms with Gasteiger partial charge in [0.15, 0.2) is 0 Å². The molecule has 2 unspecified atom stereocenters. The van der Waals surface area contributed by atoms with E-state index in [1.54, 1.807) is 19.1 Å². The van der Waals surface area contributed by atoms with Crippen LogP contribution in [0, 0.1) is 5.92 Å². The van der Waals surface area contributed by atoms with Crippen LogP contribution >= 0.6 is 12.4 Å². The van der Waals surface area contributed by atoms with Gasteiger partial charge in [-0.15, -0.1) is 12.4 Å². The Morgan fingerprint density at radius 1 is 1.26 bits per heavy atom. The molecule has 0 aromatic heterocycles. The second kappa shape index (κ2) is 8.63. The molecule has 4 N–H and O–H groups in total. The Morgan fingerprint density at radius 2 is 1.91 bits per heavy atom. The number of benzene rings is 1. The molecule has 1 saturated carbocycles. The lowest BCUT2D eigenvalue weighted by atomic mass is 10.1. The first-order valence-corrected chi connectivity index (χ1v) is 9.07. The molecule has 1 fully saturated rings. The maximum Gasteiger partial charge on any atom is 0.240 e. The standard InChI is InChI=1S/C15H23N3O3S.ClH/c1-2-15(19)17-12-6-8-13(9-7-12)22(20,21)18-14-5-3-4-11(14)10-16;/h6-9,11,14,18H,2-5,10,16H2,1H3,(H,17,19);1H. The predicted octanol–water partition coefficient (Wildman–Crippen LogP) is 1.86. The Balaban J connectivity index is 0.00000264. The summed E-state index contributed by atoms with van der Waals surface area (Å²) in [6.45, 7) is 2.25. The second-order valence-corrected chi connectivity index (χ2v) is 7.29. The van der Waals surface area contributed by atoms with E-state index in [4.69, 9.17) is 5.73 Å². The largest absolute Gasteiger partial charge is 0.330 e. The molecule has 8 heteroatoms. The molecule has 0 spiro atoms. The van der Waals surface area contributed by atoms with Crippen LogP contribution in [0.5, 0.6) is 0 Å². The minimum Gasteiger partial charge on any atom is -0.330 e. The maximum absolute atomic E-state index is 12.4. The van der Waals surface area contributed by atoms with Crippen molar-refractivity contribution in [3.63, 3.8) is 0 Å². The first-order chi connectivity index (χ1) is 10.5. The third-order valence-electron chi connectivity index (χ3n) is 4.04. The Labute approximate surface area is 143 Å². The summed E-state index contributed by atoms with van der Waals surface area (Å²) in [6, 6.07) is 6.10. The molecule has 6 nitrogen and oxygen atoms in total. The average Bonchev–Trinajstić information content (AvgIpc) is 2.94. The Bertz CT molecular complexity index is 619. The van der Waals surface area contributed by atoms with E-state index >= 15 is 0 Å². The van der Waals surface area contributed by atoms with E-state index in [0.717, 1.165) is 19.3 Å². The topological polar surface area (TPSA) is 101 Å². The first-order valence-electron chi connectivity index (χ1n) is 7.58. The van der Waals surface area contributed by atoms with Crippen LogP contribution in [0.25, 0.3) is 0 Å². The van der Waals surface area contributed by atoms with Gasteiger partial charge in [-0.25, -0.2) is 13.1 Å². The Hall–Kier alpha value is -1.15. The quantitative estimate of drug-likeness (QED) is 0.719. The van der Waals surface area contributed by atoms with Crippen LogP contribution in [0.1, 0.15) is 32.6 Å². The van der Waals surface area contributed by atoms with Crippen molar-refractivity contribution in [2.24, 2.45) is 11.7 Å². The van der Waals surface area contributed by atoms with E-state index in [2.05, 4.69) is 10.0 Å². The highest BCUT2D eigenvalue weighted by molar-refractivity contribution is 7.89. The third-order valence-corrected chi connectivity index (χ3v) is 5.54. The monoisotopic (exact) mass is 361 g/mol. The molecule has 2 atom stereocenters. The molecule has 0 aliphatic heterocycles. The molecule has 0 radical (unpaired) electrons. The maximum atomic E-state index is 12.4. The van der Waals surface area contributed by atoms with Crippen molar-refractivity contribution in [2.75, 3.05) is 11.9 Å². The van der Waals surface area contributed by atoms with E-state index in [9.17, 15) is 13.2 Å². The van der Waals surface area contributed by atoms with E-state index in [-0.39, 0.29) is 35.2 Å². The van der Waals surface area contributed by atoms with E-state index < -0.39 is 10.0 Å². The van der Waals surface area contributed by atoms with Crippen LogP contribution in [0.3, 0.4) is 0 Å². The average molecular weight is 362 g/mol. The summed E-state index contributed by atoms with van der Waals surface area (Å²) in [6.07, 6.45) is 3.16. The molecule has 0 heterocycles. The van der Waals surface area contributed by atoms with Gasteiger partial charge in [-0.05, 0) is 49.6 Å². The fourth-order valence-corrected chi connectivity index (χ4v) is 4.05. The lowest BCUT2D eigenvalue weighted by molar-refractivity contribution is -0.115. The van der Waals surface area contributed by atoms with Crippen LogP contribution in [0.4, 0.5) is 5.69 Å². The number of carbonyl (C=O) groups is 1. The molecular weight excluding hydrogens is 338 g/mol. The van der Waals surface area contributed by atoms with E-state index in [0.29, 0.717) is 18.7 Å². The van der Waals surface area contributed by atoms with Crippen molar-refractivity contribution in [2.45, 2.75) is 43.5 Å². The third kappa shape index (κ3) is 5.17. The van der Waals surface area contributed by atoms with E-state index in [1.165, 1.54) is 12.1 Å². The van der Waals surface area contributed by atoms with Crippen LogP contribution in [-0.4, -0.2) is 26.9 Å². The number of halogens is 1.